The SMILES string of the molecule is CCC(O)C(O)C#N. The van der Waals surface area contributed by atoms with E-state index in [1.807, 2.05) is 0 Å². The van der Waals surface area contributed by atoms with E-state index in [4.69, 9.17) is 15.5 Å². The van der Waals surface area contributed by atoms with Crippen LogP contribution in [0.3, 0.4) is 0 Å². The van der Waals surface area contributed by atoms with E-state index >= 15 is 0 Å². The van der Waals surface area contributed by atoms with E-state index in [9.17, 15) is 0 Å². The molecule has 0 aliphatic heterocycles. The lowest BCUT2D eigenvalue weighted by Gasteiger charge is -2.05. The van der Waals surface area contributed by atoms with Gasteiger partial charge in [0.1, 0.15) is 0 Å². The third-order valence-corrected chi connectivity index (χ3v) is 0.915. The van der Waals surface area contributed by atoms with Crippen molar-refractivity contribution in [2.45, 2.75) is 25.6 Å². The summed E-state index contributed by atoms with van der Waals surface area (Å²) in [6.07, 6.45) is -1.70. The lowest BCUT2D eigenvalue weighted by atomic mass is 10.2. The maximum atomic E-state index is 8.65. The van der Waals surface area contributed by atoms with Crippen LogP contribution in [-0.2, 0) is 0 Å². The number of nitriles is 1. The Morgan fingerprint density at radius 3 is 2.25 bits per heavy atom. The van der Waals surface area contributed by atoms with Crippen LogP contribution in [0.2, 0.25) is 0 Å². The predicted molar refractivity (Wildman–Crippen MR) is 27.9 cm³/mol. The molecule has 0 aromatic heterocycles. The topological polar surface area (TPSA) is 64.2 Å². The molecular weight excluding hydrogens is 106 g/mol. The molecule has 0 radical (unpaired) electrons. The lowest BCUT2D eigenvalue weighted by molar-refractivity contribution is 0.0510. The second-order valence-corrected chi connectivity index (χ2v) is 1.55. The van der Waals surface area contributed by atoms with Gasteiger partial charge in [0.15, 0.2) is 6.10 Å². The van der Waals surface area contributed by atoms with Gasteiger partial charge in [-0.15, -0.1) is 0 Å². The smallest absolute Gasteiger partial charge is 0.166 e. The van der Waals surface area contributed by atoms with Crippen molar-refractivity contribution in [3.05, 3.63) is 0 Å². The predicted octanol–water partition coefficient (Wildman–Crippen LogP) is -0.358. The van der Waals surface area contributed by atoms with E-state index in [0.717, 1.165) is 0 Å². The van der Waals surface area contributed by atoms with Gasteiger partial charge in [-0.05, 0) is 6.42 Å². The molecule has 0 fully saturated rings. The van der Waals surface area contributed by atoms with Crippen LogP contribution in [0.4, 0.5) is 0 Å². The van der Waals surface area contributed by atoms with Crippen molar-refractivity contribution in [3.63, 3.8) is 0 Å². The molecule has 46 valence electrons. The van der Waals surface area contributed by atoms with Crippen LogP contribution in [0.5, 0.6) is 0 Å². The van der Waals surface area contributed by atoms with E-state index in [1.54, 1.807) is 6.92 Å². The highest BCUT2D eigenvalue weighted by molar-refractivity contribution is 4.86. The van der Waals surface area contributed by atoms with E-state index in [2.05, 4.69) is 0 Å². The summed E-state index contributed by atoms with van der Waals surface area (Å²) in [6, 6.07) is 1.52. The first-order valence-corrected chi connectivity index (χ1v) is 2.48. The highest BCUT2D eigenvalue weighted by atomic mass is 16.3. The highest BCUT2D eigenvalue weighted by Crippen LogP contribution is 1.94. The molecule has 8 heavy (non-hydrogen) atoms. The van der Waals surface area contributed by atoms with Crippen molar-refractivity contribution in [1.29, 1.82) is 5.26 Å². The Morgan fingerprint density at radius 2 is 2.12 bits per heavy atom. The van der Waals surface area contributed by atoms with Gasteiger partial charge in [0.05, 0.1) is 12.2 Å². The lowest BCUT2D eigenvalue weighted by Crippen LogP contribution is -2.22. The molecule has 0 saturated heterocycles. The maximum Gasteiger partial charge on any atom is 0.166 e. The number of aliphatic hydroxyl groups excluding tert-OH is 2. The normalized spacial score (nSPS) is 16.8. The van der Waals surface area contributed by atoms with Gasteiger partial charge in [-0.25, -0.2) is 0 Å². The number of nitrogens with zero attached hydrogens (tertiary/aromatic N) is 1. The molecule has 0 aliphatic carbocycles. The third kappa shape index (κ3) is 1.92. The van der Waals surface area contributed by atoms with Gasteiger partial charge in [0.2, 0.25) is 0 Å². The molecular formula is C5H9NO2. The van der Waals surface area contributed by atoms with Crippen molar-refractivity contribution in [2.24, 2.45) is 0 Å². The molecule has 0 rings (SSSR count). The standard InChI is InChI=1S/C5H9NO2/c1-2-4(7)5(8)3-6/h4-5,7-8H,2H2,1H3. The fraction of sp³-hybridized carbons (Fsp3) is 0.800. The molecule has 0 amide bonds. The quantitative estimate of drug-likeness (QED) is 0.483. The van der Waals surface area contributed by atoms with Crippen molar-refractivity contribution in [3.8, 4) is 6.07 Å². The summed E-state index contributed by atoms with van der Waals surface area (Å²) in [5.41, 5.74) is 0. The van der Waals surface area contributed by atoms with E-state index in [0.29, 0.717) is 6.42 Å². The summed E-state index contributed by atoms with van der Waals surface area (Å²) in [7, 11) is 0. The monoisotopic (exact) mass is 115 g/mol. The first-order chi connectivity index (χ1) is 3.72. The van der Waals surface area contributed by atoms with Gasteiger partial charge in [-0.3, -0.25) is 0 Å². The number of hydrogen-bond donors (Lipinski definition) is 2. The Labute approximate surface area is 48.2 Å². The van der Waals surface area contributed by atoms with Gasteiger partial charge in [-0.2, -0.15) is 5.26 Å². The van der Waals surface area contributed by atoms with Crippen LogP contribution >= 0.6 is 0 Å². The molecule has 0 heterocycles. The van der Waals surface area contributed by atoms with Gasteiger partial charge in [-0.1, -0.05) is 6.92 Å². The molecule has 2 atom stereocenters. The third-order valence-electron chi connectivity index (χ3n) is 0.915. The average molecular weight is 115 g/mol. The fourth-order valence-corrected chi connectivity index (χ4v) is 0.309. The van der Waals surface area contributed by atoms with Crippen LogP contribution < -0.4 is 0 Å². The molecule has 0 bridgehead atoms. The van der Waals surface area contributed by atoms with Gasteiger partial charge in [0, 0.05) is 0 Å². The van der Waals surface area contributed by atoms with Crippen molar-refractivity contribution in [1.82, 2.24) is 0 Å². The van der Waals surface area contributed by atoms with Crippen LogP contribution in [0.1, 0.15) is 13.3 Å². The molecule has 2 N–H and O–H groups in total. The van der Waals surface area contributed by atoms with Crippen LogP contribution in [-0.4, -0.2) is 22.4 Å². The van der Waals surface area contributed by atoms with Crippen molar-refractivity contribution >= 4 is 0 Å². The molecule has 3 heteroatoms. The summed E-state index contributed by atoms with van der Waals surface area (Å²) in [5, 5.41) is 25.1. The minimum absolute atomic E-state index is 0.411. The molecule has 0 saturated carbocycles. The second-order valence-electron chi connectivity index (χ2n) is 1.55. The van der Waals surface area contributed by atoms with Gasteiger partial charge >= 0.3 is 0 Å². The van der Waals surface area contributed by atoms with E-state index < -0.39 is 12.2 Å². The summed E-state index contributed by atoms with van der Waals surface area (Å²) in [4.78, 5) is 0. The second kappa shape index (κ2) is 3.42. The Balaban J connectivity index is 3.49. The number of aliphatic hydroxyl groups is 2. The largest absolute Gasteiger partial charge is 0.389 e. The van der Waals surface area contributed by atoms with Crippen molar-refractivity contribution in [2.75, 3.05) is 0 Å². The number of rotatable bonds is 2. The molecule has 0 spiro atoms. The van der Waals surface area contributed by atoms with Crippen LogP contribution in [0, 0.1) is 11.3 Å². The summed E-state index contributed by atoms with van der Waals surface area (Å²) in [6.45, 7) is 1.70. The Morgan fingerprint density at radius 1 is 1.62 bits per heavy atom. The zero-order valence-corrected chi connectivity index (χ0v) is 4.70. The number of hydrogen-bond acceptors (Lipinski definition) is 3. The summed E-state index contributed by atoms with van der Waals surface area (Å²) >= 11 is 0. The van der Waals surface area contributed by atoms with E-state index in [1.165, 1.54) is 6.07 Å². The van der Waals surface area contributed by atoms with Crippen molar-refractivity contribution < 1.29 is 10.2 Å². The molecule has 0 aliphatic rings. The zero-order valence-electron chi connectivity index (χ0n) is 4.70. The molecule has 2 unspecified atom stereocenters. The summed E-state index contributed by atoms with van der Waals surface area (Å²) < 4.78 is 0. The molecule has 3 nitrogen and oxygen atoms in total. The Kier molecular flexibility index (Phi) is 3.16. The first kappa shape index (κ1) is 7.41. The zero-order chi connectivity index (χ0) is 6.57. The van der Waals surface area contributed by atoms with Gasteiger partial charge < -0.3 is 10.2 Å². The highest BCUT2D eigenvalue weighted by Gasteiger charge is 2.10. The molecule has 0 aromatic rings. The Hall–Kier alpha value is -0.590. The average Bonchev–Trinajstić information content (AvgIpc) is 1.84. The van der Waals surface area contributed by atoms with E-state index in [-0.39, 0.29) is 0 Å². The minimum atomic E-state index is -1.22. The molecule has 0 aromatic carbocycles. The van der Waals surface area contributed by atoms with Crippen LogP contribution in [0.15, 0.2) is 0 Å². The maximum absolute atomic E-state index is 8.65. The summed E-state index contributed by atoms with van der Waals surface area (Å²) in [5.74, 6) is 0. The Bertz CT molecular complexity index is 97.1. The van der Waals surface area contributed by atoms with Gasteiger partial charge in [0.25, 0.3) is 0 Å². The van der Waals surface area contributed by atoms with Crippen LogP contribution in [0.25, 0.3) is 0 Å². The minimum Gasteiger partial charge on any atom is -0.389 e. The fourth-order valence-electron chi connectivity index (χ4n) is 0.309. The first-order valence-electron chi connectivity index (χ1n) is 2.48.